The maximum atomic E-state index is 10.9. The van der Waals surface area contributed by atoms with Crippen LogP contribution in [0.15, 0.2) is 48.5 Å². The molecule has 0 fully saturated rings. The molecule has 0 aliphatic carbocycles. The van der Waals surface area contributed by atoms with Crippen molar-refractivity contribution in [3.05, 3.63) is 64.8 Å². The van der Waals surface area contributed by atoms with Crippen LogP contribution in [0.5, 0.6) is 0 Å². The molecule has 0 aliphatic rings. The minimum atomic E-state index is -0.951. The van der Waals surface area contributed by atoms with Gasteiger partial charge in [-0.25, -0.2) is 4.98 Å². The molecule has 3 aromatic rings. The van der Waals surface area contributed by atoms with Crippen LogP contribution < -0.4 is 0 Å². The Balaban J connectivity index is 2.42. The second-order valence-corrected chi connectivity index (χ2v) is 7.38. The fourth-order valence-electron chi connectivity index (χ4n) is 3.32. The molecule has 124 valence electrons. The lowest BCUT2D eigenvalue weighted by Gasteiger charge is -2.27. The fraction of sp³-hybridized carbons (Fsp3) is 0.286. The van der Waals surface area contributed by atoms with Crippen molar-refractivity contribution < 1.29 is 5.11 Å². The second kappa shape index (κ2) is 6.19. The lowest BCUT2D eigenvalue weighted by molar-refractivity contribution is 0.0780. The van der Waals surface area contributed by atoms with Crippen LogP contribution in [-0.2, 0) is 5.60 Å². The standard InChI is InChI=1S/C21H22ClNO/c1-13(2)14-9-7-10-16(20(14)21(3,4)24)17-12-19(22)23-18-11-6-5-8-15(17)18/h5-13,24H,1-4H3. The van der Waals surface area contributed by atoms with E-state index in [1.54, 1.807) is 0 Å². The average Bonchev–Trinajstić information content (AvgIpc) is 2.52. The average molecular weight is 340 g/mol. The van der Waals surface area contributed by atoms with Crippen molar-refractivity contribution in [3.8, 4) is 11.1 Å². The van der Waals surface area contributed by atoms with Gasteiger partial charge in [0.2, 0.25) is 0 Å². The SMILES string of the molecule is CC(C)c1cccc(-c2cc(Cl)nc3ccccc23)c1C(C)(C)O. The number of hydrogen-bond acceptors (Lipinski definition) is 2. The van der Waals surface area contributed by atoms with Crippen molar-refractivity contribution in [1.29, 1.82) is 0 Å². The van der Waals surface area contributed by atoms with E-state index in [1.165, 1.54) is 0 Å². The molecule has 2 nitrogen and oxygen atoms in total. The molecule has 0 atom stereocenters. The van der Waals surface area contributed by atoms with Gasteiger partial charge in [0, 0.05) is 5.39 Å². The highest BCUT2D eigenvalue weighted by Gasteiger charge is 2.26. The van der Waals surface area contributed by atoms with Gasteiger partial charge in [-0.05, 0) is 54.2 Å². The first kappa shape index (κ1) is 16.9. The highest BCUT2D eigenvalue weighted by Crippen LogP contribution is 2.40. The van der Waals surface area contributed by atoms with Gasteiger partial charge in [0.05, 0.1) is 11.1 Å². The number of halogens is 1. The van der Waals surface area contributed by atoms with E-state index in [-0.39, 0.29) is 0 Å². The van der Waals surface area contributed by atoms with Gasteiger partial charge in [0.1, 0.15) is 5.15 Å². The second-order valence-electron chi connectivity index (χ2n) is 6.99. The predicted octanol–water partition coefficient (Wildman–Crippen LogP) is 5.91. The Kier molecular flexibility index (Phi) is 4.37. The number of pyridine rings is 1. The highest BCUT2D eigenvalue weighted by atomic mass is 35.5. The molecule has 3 heteroatoms. The summed E-state index contributed by atoms with van der Waals surface area (Å²) in [7, 11) is 0. The van der Waals surface area contributed by atoms with Crippen LogP contribution in [0.25, 0.3) is 22.0 Å². The zero-order valence-corrected chi connectivity index (χ0v) is 15.2. The summed E-state index contributed by atoms with van der Waals surface area (Å²) in [6.45, 7) is 7.96. The van der Waals surface area contributed by atoms with Crippen molar-refractivity contribution in [2.75, 3.05) is 0 Å². The van der Waals surface area contributed by atoms with E-state index in [0.29, 0.717) is 11.1 Å². The largest absolute Gasteiger partial charge is 0.386 e. The number of nitrogens with zero attached hydrogens (tertiary/aromatic N) is 1. The van der Waals surface area contributed by atoms with Crippen LogP contribution in [0.4, 0.5) is 0 Å². The van der Waals surface area contributed by atoms with Crippen LogP contribution in [-0.4, -0.2) is 10.1 Å². The van der Waals surface area contributed by atoms with Crippen LogP contribution in [0.2, 0.25) is 5.15 Å². The first-order valence-electron chi connectivity index (χ1n) is 8.20. The smallest absolute Gasteiger partial charge is 0.130 e. The number of para-hydroxylation sites is 1. The van der Waals surface area contributed by atoms with Crippen LogP contribution in [0, 0.1) is 0 Å². The maximum absolute atomic E-state index is 10.9. The third-order valence-electron chi connectivity index (χ3n) is 4.31. The first-order valence-corrected chi connectivity index (χ1v) is 8.58. The van der Waals surface area contributed by atoms with Crippen LogP contribution >= 0.6 is 11.6 Å². The normalized spacial score (nSPS) is 12.1. The molecule has 24 heavy (non-hydrogen) atoms. The summed E-state index contributed by atoms with van der Waals surface area (Å²) in [6.07, 6.45) is 0. The summed E-state index contributed by atoms with van der Waals surface area (Å²) in [5, 5.41) is 12.3. The molecule has 0 unspecified atom stereocenters. The molecule has 1 heterocycles. The quantitative estimate of drug-likeness (QED) is 0.602. The van der Waals surface area contributed by atoms with Crippen molar-refractivity contribution >= 4 is 22.5 Å². The number of benzene rings is 2. The number of rotatable bonds is 3. The van der Waals surface area contributed by atoms with Crippen molar-refractivity contribution in [2.24, 2.45) is 0 Å². The van der Waals surface area contributed by atoms with E-state index < -0.39 is 5.60 Å². The maximum Gasteiger partial charge on any atom is 0.130 e. The summed E-state index contributed by atoms with van der Waals surface area (Å²) in [5.74, 6) is 0.315. The molecule has 1 N–H and O–H groups in total. The zero-order chi connectivity index (χ0) is 17.5. The first-order chi connectivity index (χ1) is 11.3. The molecule has 0 spiro atoms. The number of aromatic nitrogens is 1. The predicted molar refractivity (Wildman–Crippen MR) is 102 cm³/mol. The lowest BCUT2D eigenvalue weighted by atomic mass is 9.82. The Morgan fingerprint density at radius 1 is 1.00 bits per heavy atom. The van der Waals surface area contributed by atoms with Gasteiger partial charge in [0.25, 0.3) is 0 Å². The Bertz CT molecular complexity index is 894. The summed E-state index contributed by atoms with van der Waals surface area (Å²) >= 11 is 6.27. The lowest BCUT2D eigenvalue weighted by Crippen LogP contribution is -2.20. The fourth-order valence-corrected chi connectivity index (χ4v) is 3.52. The van der Waals surface area contributed by atoms with Gasteiger partial charge in [-0.1, -0.05) is 61.8 Å². The van der Waals surface area contributed by atoms with E-state index >= 15 is 0 Å². The topological polar surface area (TPSA) is 33.1 Å². The molecule has 0 amide bonds. The number of aliphatic hydroxyl groups is 1. The van der Waals surface area contributed by atoms with Gasteiger partial charge in [0.15, 0.2) is 0 Å². The van der Waals surface area contributed by atoms with Gasteiger partial charge < -0.3 is 5.11 Å². The van der Waals surface area contributed by atoms with Crippen molar-refractivity contribution in [1.82, 2.24) is 4.98 Å². The molecule has 0 saturated heterocycles. The van der Waals surface area contributed by atoms with E-state index in [0.717, 1.165) is 33.2 Å². The monoisotopic (exact) mass is 339 g/mol. The molecule has 0 aliphatic heterocycles. The van der Waals surface area contributed by atoms with E-state index in [1.807, 2.05) is 50.2 Å². The van der Waals surface area contributed by atoms with E-state index in [4.69, 9.17) is 11.6 Å². The summed E-state index contributed by atoms with van der Waals surface area (Å²) < 4.78 is 0. The van der Waals surface area contributed by atoms with E-state index in [2.05, 4.69) is 31.0 Å². The minimum absolute atomic E-state index is 0.315. The molecular formula is C21H22ClNO. The Hall–Kier alpha value is -1.90. The molecule has 3 rings (SSSR count). The Morgan fingerprint density at radius 3 is 2.38 bits per heavy atom. The van der Waals surface area contributed by atoms with Gasteiger partial charge in [-0.15, -0.1) is 0 Å². The highest BCUT2D eigenvalue weighted by molar-refractivity contribution is 6.30. The van der Waals surface area contributed by atoms with Crippen molar-refractivity contribution in [2.45, 2.75) is 39.2 Å². The van der Waals surface area contributed by atoms with Crippen LogP contribution in [0.1, 0.15) is 44.7 Å². The molecule has 1 aromatic heterocycles. The Labute approximate surface area is 148 Å². The summed E-state index contributed by atoms with van der Waals surface area (Å²) in [4.78, 5) is 4.41. The molecule has 0 saturated carbocycles. The number of hydrogen-bond donors (Lipinski definition) is 1. The summed E-state index contributed by atoms with van der Waals surface area (Å²) in [6, 6.07) is 16.0. The Morgan fingerprint density at radius 2 is 1.71 bits per heavy atom. The van der Waals surface area contributed by atoms with Gasteiger partial charge >= 0.3 is 0 Å². The van der Waals surface area contributed by atoms with Gasteiger partial charge in [-0.3, -0.25) is 0 Å². The molecular weight excluding hydrogens is 318 g/mol. The third kappa shape index (κ3) is 3.04. The van der Waals surface area contributed by atoms with E-state index in [9.17, 15) is 5.11 Å². The minimum Gasteiger partial charge on any atom is -0.386 e. The third-order valence-corrected chi connectivity index (χ3v) is 4.50. The van der Waals surface area contributed by atoms with Gasteiger partial charge in [-0.2, -0.15) is 0 Å². The zero-order valence-electron chi connectivity index (χ0n) is 14.5. The summed E-state index contributed by atoms with van der Waals surface area (Å²) in [5.41, 5.74) is 4.02. The molecule has 2 aromatic carbocycles. The number of fused-ring (bicyclic) bond motifs is 1. The molecule has 0 bridgehead atoms. The van der Waals surface area contributed by atoms with Crippen molar-refractivity contribution in [3.63, 3.8) is 0 Å². The molecule has 0 radical (unpaired) electrons. The van der Waals surface area contributed by atoms with Crippen LogP contribution in [0.3, 0.4) is 0 Å².